The Morgan fingerprint density at radius 3 is 2.71 bits per heavy atom. The van der Waals surface area contributed by atoms with Gasteiger partial charge in [0.15, 0.2) is 0 Å². The zero-order valence-corrected chi connectivity index (χ0v) is 8.87. The number of benzene rings is 1. The minimum absolute atomic E-state index is 0.120. The van der Waals surface area contributed by atoms with Crippen LogP contribution < -0.4 is 5.73 Å². The molecule has 0 bridgehead atoms. The van der Waals surface area contributed by atoms with Crippen LogP contribution in [0.1, 0.15) is 24.0 Å². The van der Waals surface area contributed by atoms with E-state index in [0.29, 0.717) is 17.0 Å². The van der Waals surface area contributed by atoms with E-state index < -0.39 is 0 Å². The molecule has 0 amide bonds. The van der Waals surface area contributed by atoms with E-state index in [2.05, 4.69) is 0 Å². The standard InChI is InChI=1S/C11H13ClFN/c1-7-4-9(12)8(5-10(7)13)6-11(14)2-3-11/h4-5H,2-3,6,14H2,1H3. The van der Waals surface area contributed by atoms with Gasteiger partial charge in [-0.2, -0.15) is 0 Å². The molecule has 1 aliphatic carbocycles. The predicted octanol–water partition coefficient (Wildman–Crippen LogP) is 2.82. The fourth-order valence-corrected chi connectivity index (χ4v) is 1.82. The summed E-state index contributed by atoms with van der Waals surface area (Å²) < 4.78 is 13.3. The molecule has 0 aliphatic heterocycles. The van der Waals surface area contributed by atoms with Gasteiger partial charge in [-0.1, -0.05) is 11.6 Å². The van der Waals surface area contributed by atoms with Crippen LogP contribution in [-0.4, -0.2) is 5.54 Å². The third-order valence-corrected chi connectivity index (χ3v) is 3.11. The van der Waals surface area contributed by atoms with Gasteiger partial charge in [0.1, 0.15) is 5.82 Å². The predicted molar refractivity (Wildman–Crippen MR) is 56.0 cm³/mol. The van der Waals surface area contributed by atoms with Gasteiger partial charge in [-0.05, 0) is 49.4 Å². The number of nitrogens with two attached hydrogens (primary N) is 1. The van der Waals surface area contributed by atoms with Gasteiger partial charge in [0, 0.05) is 10.6 Å². The second-order valence-electron chi connectivity index (χ2n) is 4.23. The molecule has 0 spiro atoms. The number of aryl methyl sites for hydroxylation is 1. The summed E-state index contributed by atoms with van der Waals surface area (Å²) in [4.78, 5) is 0. The summed E-state index contributed by atoms with van der Waals surface area (Å²) in [5, 5.41) is 0.626. The van der Waals surface area contributed by atoms with E-state index in [9.17, 15) is 4.39 Å². The summed E-state index contributed by atoms with van der Waals surface area (Å²) in [6, 6.07) is 3.17. The molecule has 1 nitrogen and oxygen atoms in total. The third kappa shape index (κ3) is 1.91. The van der Waals surface area contributed by atoms with Crippen LogP contribution in [0.2, 0.25) is 5.02 Å². The minimum atomic E-state index is -0.200. The van der Waals surface area contributed by atoms with Gasteiger partial charge in [0.2, 0.25) is 0 Å². The van der Waals surface area contributed by atoms with Crippen molar-refractivity contribution in [2.24, 2.45) is 5.73 Å². The maximum atomic E-state index is 13.3. The van der Waals surface area contributed by atoms with Crippen molar-refractivity contribution < 1.29 is 4.39 Å². The largest absolute Gasteiger partial charge is 0.325 e. The Hall–Kier alpha value is -0.600. The lowest BCUT2D eigenvalue weighted by Gasteiger charge is -2.11. The topological polar surface area (TPSA) is 26.0 Å². The van der Waals surface area contributed by atoms with E-state index in [1.807, 2.05) is 0 Å². The zero-order chi connectivity index (χ0) is 10.3. The van der Waals surface area contributed by atoms with Gasteiger partial charge in [0.05, 0.1) is 0 Å². The molecule has 14 heavy (non-hydrogen) atoms. The van der Waals surface area contributed by atoms with Crippen LogP contribution in [0.5, 0.6) is 0 Å². The summed E-state index contributed by atoms with van der Waals surface area (Å²) in [6.45, 7) is 1.71. The zero-order valence-electron chi connectivity index (χ0n) is 8.11. The number of rotatable bonds is 2. The van der Waals surface area contributed by atoms with Crippen LogP contribution in [0.3, 0.4) is 0 Å². The van der Waals surface area contributed by atoms with Crippen LogP contribution in [0.25, 0.3) is 0 Å². The summed E-state index contributed by atoms with van der Waals surface area (Å²) in [5.41, 5.74) is 7.25. The Bertz CT molecular complexity index is 372. The average Bonchev–Trinajstić information content (AvgIpc) is 2.80. The molecule has 0 saturated heterocycles. The molecule has 0 unspecified atom stereocenters. The second-order valence-corrected chi connectivity index (χ2v) is 4.64. The van der Waals surface area contributed by atoms with Gasteiger partial charge >= 0.3 is 0 Å². The SMILES string of the molecule is Cc1cc(Cl)c(CC2(N)CC2)cc1F. The monoisotopic (exact) mass is 213 g/mol. The lowest BCUT2D eigenvalue weighted by molar-refractivity contribution is 0.610. The molecule has 1 aliphatic rings. The highest BCUT2D eigenvalue weighted by Crippen LogP contribution is 2.37. The fourth-order valence-electron chi connectivity index (χ4n) is 1.54. The Morgan fingerprint density at radius 2 is 2.14 bits per heavy atom. The van der Waals surface area contributed by atoms with Crippen LogP contribution in [0.15, 0.2) is 12.1 Å². The molecule has 0 atom stereocenters. The van der Waals surface area contributed by atoms with Crippen molar-refractivity contribution in [3.05, 3.63) is 34.1 Å². The van der Waals surface area contributed by atoms with Gasteiger partial charge in [0.25, 0.3) is 0 Å². The summed E-state index contributed by atoms with van der Waals surface area (Å²) in [6.07, 6.45) is 2.71. The van der Waals surface area contributed by atoms with E-state index in [-0.39, 0.29) is 11.4 Å². The molecular weight excluding hydrogens is 201 g/mol. The summed E-state index contributed by atoms with van der Waals surface area (Å²) in [7, 11) is 0. The van der Waals surface area contributed by atoms with Crippen LogP contribution in [0.4, 0.5) is 4.39 Å². The Balaban J connectivity index is 2.29. The van der Waals surface area contributed by atoms with Crippen molar-refractivity contribution in [1.82, 2.24) is 0 Å². The molecule has 0 radical (unpaired) electrons. The molecule has 0 aromatic heterocycles. The third-order valence-electron chi connectivity index (χ3n) is 2.76. The van der Waals surface area contributed by atoms with Crippen molar-refractivity contribution in [2.45, 2.75) is 31.7 Å². The molecular formula is C11H13ClFN. The highest BCUT2D eigenvalue weighted by atomic mass is 35.5. The minimum Gasteiger partial charge on any atom is -0.325 e. The molecule has 0 heterocycles. The first-order valence-corrected chi connectivity index (χ1v) is 5.11. The van der Waals surface area contributed by atoms with Gasteiger partial charge < -0.3 is 5.73 Å². The normalized spacial score (nSPS) is 18.3. The van der Waals surface area contributed by atoms with E-state index >= 15 is 0 Å². The maximum Gasteiger partial charge on any atom is 0.126 e. The van der Waals surface area contributed by atoms with E-state index in [4.69, 9.17) is 17.3 Å². The lowest BCUT2D eigenvalue weighted by atomic mass is 10.0. The van der Waals surface area contributed by atoms with Gasteiger partial charge in [-0.3, -0.25) is 0 Å². The van der Waals surface area contributed by atoms with Crippen LogP contribution in [-0.2, 0) is 6.42 Å². The molecule has 1 aromatic carbocycles. The quantitative estimate of drug-likeness (QED) is 0.804. The Labute approximate surface area is 88.1 Å². The molecule has 1 saturated carbocycles. The highest BCUT2D eigenvalue weighted by Gasteiger charge is 2.38. The van der Waals surface area contributed by atoms with E-state index in [0.717, 1.165) is 18.4 Å². The van der Waals surface area contributed by atoms with Crippen LogP contribution >= 0.6 is 11.6 Å². The first kappa shape index (κ1) is 9.94. The number of hydrogen-bond donors (Lipinski definition) is 1. The van der Waals surface area contributed by atoms with E-state index in [1.54, 1.807) is 13.0 Å². The number of halogens is 2. The van der Waals surface area contributed by atoms with Crippen molar-refractivity contribution in [3.63, 3.8) is 0 Å². The second kappa shape index (κ2) is 3.21. The van der Waals surface area contributed by atoms with Gasteiger partial charge in [-0.15, -0.1) is 0 Å². The first-order valence-electron chi connectivity index (χ1n) is 4.74. The van der Waals surface area contributed by atoms with E-state index in [1.165, 1.54) is 6.07 Å². The lowest BCUT2D eigenvalue weighted by Crippen LogP contribution is -2.24. The molecule has 2 rings (SSSR count). The average molecular weight is 214 g/mol. The first-order chi connectivity index (χ1) is 6.50. The number of hydrogen-bond acceptors (Lipinski definition) is 1. The van der Waals surface area contributed by atoms with Crippen LogP contribution in [0, 0.1) is 12.7 Å². The fraction of sp³-hybridized carbons (Fsp3) is 0.455. The molecule has 1 fully saturated rings. The molecule has 1 aromatic rings. The van der Waals surface area contributed by atoms with Crippen molar-refractivity contribution in [2.75, 3.05) is 0 Å². The molecule has 2 N–H and O–H groups in total. The Kier molecular flexibility index (Phi) is 2.28. The highest BCUT2D eigenvalue weighted by molar-refractivity contribution is 6.31. The maximum absolute atomic E-state index is 13.3. The summed E-state index contributed by atoms with van der Waals surface area (Å²) in [5.74, 6) is -0.200. The summed E-state index contributed by atoms with van der Waals surface area (Å²) >= 11 is 6.01. The smallest absolute Gasteiger partial charge is 0.126 e. The van der Waals surface area contributed by atoms with Crippen molar-refractivity contribution >= 4 is 11.6 Å². The Morgan fingerprint density at radius 1 is 1.50 bits per heavy atom. The van der Waals surface area contributed by atoms with Gasteiger partial charge in [-0.25, -0.2) is 4.39 Å². The van der Waals surface area contributed by atoms with Crippen molar-refractivity contribution in [3.8, 4) is 0 Å². The molecule has 76 valence electrons. The molecule has 3 heteroatoms. The van der Waals surface area contributed by atoms with Crippen molar-refractivity contribution in [1.29, 1.82) is 0 Å².